The highest BCUT2D eigenvalue weighted by molar-refractivity contribution is 5.91. The van der Waals surface area contributed by atoms with Gasteiger partial charge in [0.25, 0.3) is 0 Å². The van der Waals surface area contributed by atoms with E-state index in [1.165, 1.54) is 0 Å². The van der Waals surface area contributed by atoms with E-state index in [1.807, 2.05) is 0 Å². The van der Waals surface area contributed by atoms with Gasteiger partial charge in [0.05, 0.1) is 12.1 Å². The molecule has 17 heavy (non-hydrogen) atoms. The van der Waals surface area contributed by atoms with Crippen molar-refractivity contribution in [3.8, 4) is 0 Å². The Balaban J connectivity index is 2.03. The minimum atomic E-state index is -0.173. The summed E-state index contributed by atoms with van der Waals surface area (Å²) in [6.45, 7) is 5.35. The fourth-order valence-electron chi connectivity index (χ4n) is 1.53. The Morgan fingerprint density at radius 2 is 2.06 bits per heavy atom. The van der Waals surface area contributed by atoms with Crippen LogP contribution in [-0.2, 0) is 11.2 Å². The lowest BCUT2D eigenvalue weighted by molar-refractivity contribution is -0.115. The number of nitrogens with one attached hydrogen (secondary N) is 1. The van der Waals surface area contributed by atoms with E-state index in [2.05, 4.69) is 15.6 Å². The molecule has 2 aromatic heterocycles. The molecular weight excluding hydrogens is 222 g/mol. The van der Waals surface area contributed by atoms with Crippen LogP contribution < -0.4 is 5.32 Å². The molecule has 1 N–H and O–H groups in total. The average Bonchev–Trinajstić information content (AvgIpc) is 2.79. The first-order valence-electron chi connectivity index (χ1n) is 5.21. The quantitative estimate of drug-likeness (QED) is 0.876. The van der Waals surface area contributed by atoms with Crippen molar-refractivity contribution in [2.75, 3.05) is 5.32 Å². The molecule has 6 heteroatoms. The molecule has 6 nitrogen and oxygen atoms in total. The number of amides is 1. The minimum Gasteiger partial charge on any atom is -0.361 e. The normalized spacial score (nSPS) is 10.5. The maximum Gasteiger partial charge on any atom is 0.230 e. The zero-order valence-corrected chi connectivity index (χ0v) is 9.90. The summed E-state index contributed by atoms with van der Waals surface area (Å²) in [6.07, 6.45) is 0.215. The molecule has 0 spiro atoms. The molecule has 1 amide bonds. The molecule has 0 radical (unpaired) electrons. The highest BCUT2D eigenvalue weighted by Crippen LogP contribution is 2.14. The van der Waals surface area contributed by atoms with Crippen LogP contribution in [0.4, 0.5) is 5.82 Å². The lowest BCUT2D eigenvalue weighted by atomic mass is 10.1. The second-order valence-electron chi connectivity index (χ2n) is 3.85. The zero-order valence-electron chi connectivity index (χ0n) is 9.90. The lowest BCUT2D eigenvalue weighted by Crippen LogP contribution is -2.15. The van der Waals surface area contributed by atoms with E-state index in [9.17, 15) is 4.79 Å². The maximum atomic E-state index is 11.7. The van der Waals surface area contributed by atoms with Crippen LogP contribution in [0.5, 0.6) is 0 Å². The lowest BCUT2D eigenvalue weighted by Gasteiger charge is -2.00. The van der Waals surface area contributed by atoms with Crippen molar-refractivity contribution < 1.29 is 13.8 Å². The van der Waals surface area contributed by atoms with Gasteiger partial charge in [0.2, 0.25) is 5.91 Å². The molecule has 0 fully saturated rings. The molecule has 0 saturated carbocycles. The molecule has 90 valence electrons. The van der Waals surface area contributed by atoms with Crippen molar-refractivity contribution >= 4 is 11.7 Å². The van der Waals surface area contributed by atoms with Gasteiger partial charge in [-0.2, -0.15) is 0 Å². The van der Waals surface area contributed by atoms with Gasteiger partial charge in [0.1, 0.15) is 11.5 Å². The second-order valence-corrected chi connectivity index (χ2v) is 3.85. The third-order valence-electron chi connectivity index (χ3n) is 2.41. The Bertz CT molecular complexity index is 522. The Hall–Kier alpha value is -2.11. The standard InChI is InChI=1S/C11H13N3O3/c1-6-4-10(14-16-6)12-11(15)5-9-7(2)13-17-8(9)3/h4H,5H2,1-3H3,(H,12,14,15). The maximum absolute atomic E-state index is 11.7. The second kappa shape index (κ2) is 4.40. The summed E-state index contributed by atoms with van der Waals surface area (Å²) in [5.74, 6) is 1.55. The number of aryl methyl sites for hydroxylation is 3. The summed E-state index contributed by atoms with van der Waals surface area (Å²) in [4.78, 5) is 11.7. The van der Waals surface area contributed by atoms with E-state index in [-0.39, 0.29) is 12.3 Å². The first kappa shape index (κ1) is 11.4. The monoisotopic (exact) mass is 235 g/mol. The molecule has 0 saturated heterocycles. The van der Waals surface area contributed by atoms with E-state index in [0.717, 1.165) is 11.3 Å². The van der Waals surface area contributed by atoms with Gasteiger partial charge in [-0.3, -0.25) is 4.79 Å². The molecular formula is C11H13N3O3. The molecule has 0 aliphatic rings. The van der Waals surface area contributed by atoms with E-state index in [0.29, 0.717) is 17.3 Å². The van der Waals surface area contributed by atoms with E-state index in [4.69, 9.17) is 9.05 Å². The number of anilines is 1. The van der Waals surface area contributed by atoms with Crippen molar-refractivity contribution in [1.82, 2.24) is 10.3 Å². The van der Waals surface area contributed by atoms with E-state index < -0.39 is 0 Å². The largest absolute Gasteiger partial charge is 0.361 e. The van der Waals surface area contributed by atoms with Crippen LogP contribution in [-0.4, -0.2) is 16.2 Å². The van der Waals surface area contributed by atoms with Gasteiger partial charge in [-0.05, 0) is 20.8 Å². The Kier molecular flexibility index (Phi) is 2.95. The molecule has 0 bridgehead atoms. The van der Waals surface area contributed by atoms with Crippen LogP contribution in [0.2, 0.25) is 0 Å². The molecule has 0 aliphatic heterocycles. The Morgan fingerprint density at radius 3 is 2.59 bits per heavy atom. The zero-order chi connectivity index (χ0) is 12.4. The van der Waals surface area contributed by atoms with Crippen LogP contribution in [0.25, 0.3) is 0 Å². The highest BCUT2D eigenvalue weighted by atomic mass is 16.5. The van der Waals surface area contributed by atoms with Gasteiger partial charge in [-0.15, -0.1) is 0 Å². The van der Waals surface area contributed by atoms with Gasteiger partial charge in [-0.1, -0.05) is 10.3 Å². The third kappa shape index (κ3) is 2.52. The highest BCUT2D eigenvalue weighted by Gasteiger charge is 2.14. The number of aromatic nitrogens is 2. The summed E-state index contributed by atoms with van der Waals surface area (Å²) >= 11 is 0. The topological polar surface area (TPSA) is 81.2 Å². The third-order valence-corrected chi connectivity index (χ3v) is 2.41. The summed E-state index contributed by atoms with van der Waals surface area (Å²) in [5.41, 5.74) is 1.54. The van der Waals surface area contributed by atoms with Crippen molar-refractivity contribution in [2.45, 2.75) is 27.2 Å². The molecule has 0 unspecified atom stereocenters. The van der Waals surface area contributed by atoms with Crippen molar-refractivity contribution in [1.29, 1.82) is 0 Å². The van der Waals surface area contributed by atoms with Crippen molar-refractivity contribution in [2.24, 2.45) is 0 Å². The molecule has 2 aromatic rings. The van der Waals surface area contributed by atoms with Gasteiger partial charge >= 0.3 is 0 Å². The molecule has 0 aliphatic carbocycles. The SMILES string of the molecule is Cc1cc(NC(=O)Cc2c(C)noc2C)no1. The van der Waals surface area contributed by atoms with Crippen LogP contribution in [0, 0.1) is 20.8 Å². The number of nitrogens with zero attached hydrogens (tertiary/aromatic N) is 2. The predicted octanol–water partition coefficient (Wildman–Crippen LogP) is 1.77. The molecule has 2 heterocycles. The molecule has 2 rings (SSSR count). The van der Waals surface area contributed by atoms with E-state index in [1.54, 1.807) is 26.8 Å². The van der Waals surface area contributed by atoms with Crippen molar-refractivity contribution in [3.05, 3.63) is 28.8 Å². The van der Waals surface area contributed by atoms with Gasteiger partial charge in [0.15, 0.2) is 5.82 Å². The number of rotatable bonds is 3. The average molecular weight is 235 g/mol. The number of carbonyl (C=O) groups is 1. The Morgan fingerprint density at radius 1 is 1.29 bits per heavy atom. The number of hydrogen-bond donors (Lipinski definition) is 1. The van der Waals surface area contributed by atoms with Crippen LogP contribution >= 0.6 is 0 Å². The summed E-state index contributed by atoms with van der Waals surface area (Å²) in [7, 11) is 0. The van der Waals surface area contributed by atoms with Crippen LogP contribution in [0.1, 0.15) is 22.8 Å². The fraction of sp³-hybridized carbons (Fsp3) is 0.364. The first-order valence-corrected chi connectivity index (χ1v) is 5.21. The molecule has 0 atom stereocenters. The van der Waals surface area contributed by atoms with Gasteiger partial charge in [-0.25, -0.2) is 0 Å². The van der Waals surface area contributed by atoms with Gasteiger partial charge < -0.3 is 14.4 Å². The smallest absolute Gasteiger partial charge is 0.230 e. The van der Waals surface area contributed by atoms with E-state index >= 15 is 0 Å². The first-order chi connectivity index (χ1) is 8.06. The van der Waals surface area contributed by atoms with Crippen molar-refractivity contribution in [3.63, 3.8) is 0 Å². The summed E-state index contributed by atoms with van der Waals surface area (Å²) in [6, 6.07) is 1.66. The Labute approximate surface area is 98.0 Å². The summed E-state index contributed by atoms with van der Waals surface area (Å²) in [5, 5.41) is 10.1. The molecule has 0 aromatic carbocycles. The number of carbonyl (C=O) groups excluding carboxylic acids is 1. The van der Waals surface area contributed by atoms with Gasteiger partial charge in [0, 0.05) is 11.6 Å². The fourth-order valence-corrected chi connectivity index (χ4v) is 1.53. The predicted molar refractivity (Wildman–Crippen MR) is 59.6 cm³/mol. The van der Waals surface area contributed by atoms with Crippen LogP contribution in [0.3, 0.4) is 0 Å². The summed E-state index contributed by atoms with van der Waals surface area (Å²) < 4.78 is 9.84. The number of hydrogen-bond acceptors (Lipinski definition) is 5. The minimum absolute atomic E-state index is 0.173. The van der Waals surface area contributed by atoms with Crippen LogP contribution in [0.15, 0.2) is 15.1 Å².